The Labute approximate surface area is 133 Å². The van der Waals surface area contributed by atoms with Crippen molar-refractivity contribution < 1.29 is 14.7 Å². The van der Waals surface area contributed by atoms with Crippen molar-refractivity contribution in [1.29, 1.82) is 0 Å². The smallest absolute Gasteiger partial charge is 0.323 e. The van der Waals surface area contributed by atoms with E-state index in [1.54, 1.807) is 16.2 Å². The van der Waals surface area contributed by atoms with Gasteiger partial charge in [0.2, 0.25) is 0 Å². The van der Waals surface area contributed by atoms with Crippen LogP contribution in [0.4, 0.5) is 9.93 Å². The van der Waals surface area contributed by atoms with Gasteiger partial charge in [-0.25, -0.2) is 9.78 Å². The number of aromatic nitrogens is 1. The lowest BCUT2D eigenvalue weighted by atomic mass is 9.79. The molecule has 2 amide bonds. The van der Waals surface area contributed by atoms with Crippen LogP contribution in [0.1, 0.15) is 43.7 Å². The molecule has 6 nitrogen and oxygen atoms in total. The average Bonchev–Trinajstić information content (AvgIpc) is 3.04. The predicted molar refractivity (Wildman–Crippen MR) is 84.4 cm³/mol. The second kappa shape index (κ2) is 5.53. The van der Waals surface area contributed by atoms with Gasteiger partial charge in [0.1, 0.15) is 0 Å². The number of aryl methyl sites for hydroxylation is 1. The number of carbonyl (C=O) groups excluding carboxylic acids is 1. The first-order chi connectivity index (χ1) is 10.4. The van der Waals surface area contributed by atoms with Crippen molar-refractivity contribution in [3.8, 4) is 0 Å². The molecule has 1 unspecified atom stereocenters. The van der Waals surface area contributed by atoms with Crippen molar-refractivity contribution in [2.75, 3.05) is 18.4 Å². The Kier molecular flexibility index (Phi) is 3.84. The summed E-state index contributed by atoms with van der Waals surface area (Å²) in [5, 5.41) is 12.5. The topological polar surface area (TPSA) is 82.5 Å². The van der Waals surface area contributed by atoms with Gasteiger partial charge in [0, 0.05) is 23.4 Å². The number of anilines is 1. The maximum absolute atomic E-state index is 12.2. The van der Waals surface area contributed by atoms with Crippen LogP contribution in [-0.2, 0) is 16.6 Å². The van der Waals surface area contributed by atoms with E-state index in [9.17, 15) is 9.59 Å². The van der Waals surface area contributed by atoms with Crippen molar-refractivity contribution >= 4 is 28.5 Å². The number of aliphatic carboxylic acids is 1. The summed E-state index contributed by atoms with van der Waals surface area (Å²) in [5.41, 5.74) is 1.17. The van der Waals surface area contributed by atoms with E-state index in [2.05, 4.69) is 24.1 Å². The summed E-state index contributed by atoms with van der Waals surface area (Å²) in [6.45, 7) is 5.14. The number of rotatable bonds is 2. The Balaban J connectivity index is 1.68. The first-order valence-corrected chi connectivity index (χ1v) is 8.47. The summed E-state index contributed by atoms with van der Waals surface area (Å²) >= 11 is 1.55. The maximum atomic E-state index is 12.2. The molecule has 2 heterocycles. The van der Waals surface area contributed by atoms with Gasteiger partial charge in [0.15, 0.2) is 5.13 Å². The molecule has 2 N–H and O–H groups in total. The van der Waals surface area contributed by atoms with Gasteiger partial charge in [-0.3, -0.25) is 10.1 Å². The first-order valence-electron chi connectivity index (χ1n) is 7.66. The number of hydrogen-bond acceptors (Lipinski definition) is 4. The Morgan fingerprint density at radius 1 is 1.45 bits per heavy atom. The molecule has 0 aromatic carbocycles. The number of fused-ring (bicyclic) bond motifs is 1. The highest BCUT2D eigenvalue weighted by Gasteiger charge is 2.33. The Bertz CT molecular complexity index is 611. The minimum atomic E-state index is -0.832. The first kappa shape index (κ1) is 15.3. The van der Waals surface area contributed by atoms with Crippen LogP contribution < -0.4 is 5.32 Å². The van der Waals surface area contributed by atoms with E-state index in [-0.39, 0.29) is 18.0 Å². The van der Waals surface area contributed by atoms with E-state index >= 15 is 0 Å². The maximum Gasteiger partial charge on any atom is 0.323 e. The lowest BCUT2D eigenvalue weighted by molar-refractivity contribution is -0.141. The van der Waals surface area contributed by atoms with Crippen molar-refractivity contribution in [2.24, 2.45) is 5.92 Å². The molecular weight excluding hydrogens is 302 g/mol. The zero-order chi connectivity index (χ0) is 15.9. The van der Waals surface area contributed by atoms with Crippen LogP contribution in [-0.4, -0.2) is 40.1 Å². The quantitative estimate of drug-likeness (QED) is 0.876. The molecule has 0 spiro atoms. The second-order valence-electron chi connectivity index (χ2n) is 6.73. The number of hydrogen-bond donors (Lipinski definition) is 2. The van der Waals surface area contributed by atoms with Crippen molar-refractivity contribution in [3.05, 3.63) is 10.6 Å². The van der Waals surface area contributed by atoms with Gasteiger partial charge in [-0.2, -0.15) is 0 Å². The third-order valence-electron chi connectivity index (χ3n) is 4.58. The van der Waals surface area contributed by atoms with Crippen LogP contribution in [0, 0.1) is 5.92 Å². The number of carboxylic acids is 1. The number of urea groups is 1. The van der Waals surface area contributed by atoms with Gasteiger partial charge in [-0.15, -0.1) is 11.3 Å². The molecule has 1 aromatic heterocycles. The summed E-state index contributed by atoms with van der Waals surface area (Å²) in [7, 11) is 0. The highest BCUT2D eigenvalue weighted by Crippen LogP contribution is 2.40. The fourth-order valence-electron chi connectivity index (χ4n) is 3.23. The molecule has 1 aliphatic carbocycles. The van der Waals surface area contributed by atoms with Crippen LogP contribution >= 0.6 is 11.3 Å². The molecule has 120 valence electrons. The van der Waals surface area contributed by atoms with Gasteiger partial charge in [-0.05, 0) is 25.7 Å². The monoisotopic (exact) mass is 323 g/mol. The highest BCUT2D eigenvalue weighted by atomic mass is 32.1. The lowest BCUT2D eigenvalue weighted by Crippen LogP contribution is -2.33. The molecule has 7 heteroatoms. The third kappa shape index (κ3) is 2.82. The standard InChI is InChI=1S/C15H21N3O3S/c1-15(2)6-3-4-10-11(15)16-13(22-10)17-14(21)18-7-5-9(8-18)12(19)20/h9H,3-8H2,1-2H3,(H,19,20)(H,16,17,21). The van der Waals surface area contributed by atoms with E-state index in [1.165, 1.54) is 4.88 Å². The summed E-state index contributed by atoms with van der Waals surface area (Å²) in [4.78, 5) is 30.6. The highest BCUT2D eigenvalue weighted by molar-refractivity contribution is 7.15. The lowest BCUT2D eigenvalue weighted by Gasteiger charge is -2.27. The molecule has 2 aliphatic rings. The third-order valence-corrected chi connectivity index (χ3v) is 5.61. The van der Waals surface area contributed by atoms with Gasteiger partial charge in [0.25, 0.3) is 0 Å². The van der Waals surface area contributed by atoms with Gasteiger partial charge in [0.05, 0.1) is 11.6 Å². The zero-order valence-electron chi connectivity index (χ0n) is 12.9. The normalized spacial score (nSPS) is 23.2. The van der Waals surface area contributed by atoms with Gasteiger partial charge in [-0.1, -0.05) is 13.8 Å². The minimum absolute atomic E-state index is 0.0646. The molecular formula is C15H21N3O3S. The fraction of sp³-hybridized carbons (Fsp3) is 0.667. The van der Waals surface area contributed by atoms with E-state index in [1.807, 2.05) is 0 Å². The summed E-state index contributed by atoms with van der Waals surface area (Å²) in [5.74, 6) is -1.28. The average molecular weight is 323 g/mol. The van der Waals surface area contributed by atoms with Crippen LogP contribution in [0.25, 0.3) is 0 Å². The second-order valence-corrected chi connectivity index (χ2v) is 7.81. The molecule has 3 rings (SSSR count). The molecule has 1 aliphatic heterocycles. The van der Waals surface area contributed by atoms with Gasteiger partial charge >= 0.3 is 12.0 Å². The van der Waals surface area contributed by atoms with E-state index < -0.39 is 11.9 Å². The Morgan fingerprint density at radius 2 is 2.23 bits per heavy atom. The van der Waals surface area contributed by atoms with Crippen LogP contribution in [0.2, 0.25) is 0 Å². The van der Waals surface area contributed by atoms with Gasteiger partial charge < -0.3 is 10.0 Å². The fourth-order valence-corrected chi connectivity index (χ4v) is 4.40. The Morgan fingerprint density at radius 3 is 2.86 bits per heavy atom. The molecule has 1 aromatic rings. The molecule has 0 saturated carbocycles. The minimum Gasteiger partial charge on any atom is -0.481 e. The largest absolute Gasteiger partial charge is 0.481 e. The molecule has 22 heavy (non-hydrogen) atoms. The molecule has 0 bridgehead atoms. The number of nitrogens with one attached hydrogen (secondary N) is 1. The molecule has 1 fully saturated rings. The van der Waals surface area contributed by atoms with Crippen LogP contribution in [0.5, 0.6) is 0 Å². The van der Waals surface area contributed by atoms with Crippen molar-refractivity contribution in [2.45, 2.75) is 44.9 Å². The predicted octanol–water partition coefficient (Wildman–Crippen LogP) is 2.70. The number of thiazole rings is 1. The molecule has 1 atom stereocenters. The SMILES string of the molecule is CC1(C)CCCc2sc(NC(=O)N3CCC(C(=O)O)C3)nc21. The number of amides is 2. The van der Waals surface area contributed by atoms with Crippen molar-refractivity contribution in [1.82, 2.24) is 9.88 Å². The summed E-state index contributed by atoms with van der Waals surface area (Å²) < 4.78 is 0. The van der Waals surface area contributed by atoms with Crippen molar-refractivity contribution in [3.63, 3.8) is 0 Å². The number of carboxylic acid groups (broad SMARTS) is 1. The van der Waals surface area contributed by atoms with Crippen LogP contribution in [0.3, 0.4) is 0 Å². The van der Waals surface area contributed by atoms with E-state index in [0.29, 0.717) is 18.1 Å². The number of nitrogens with zero attached hydrogens (tertiary/aromatic N) is 2. The summed E-state index contributed by atoms with van der Waals surface area (Å²) in [6.07, 6.45) is 3.81. The summed E-state index contributed by atoms with van der Waals surface area (Å²) in [6, 6.07) is -0.243. The Hall–Kier alpha value is -1.63. The number of likely N-dealkylation sites (tertiary alicyclic amines) is 1. The van der Waals surface area contributed by atoms with Crippen LogP contribution in [0.15, 0.2) is 0 Å². The number of carbonyl (C=O) groups is 2. The van der Waals surface area contributed by atoms with E-state index in [0.717, 1.165) is 25.0 Å². The zero-order valence-corrected chi connectivity index (χ0v) is 13.7. The van der Waals surface area contributed by atoms with E-state index in [4.69, 9.17) is 5.11 Å². The molecule has 0 radical (unpaired) electrons. The molecule has 1 saturated heterocycles.